The predicted molar refractivity (Wildman–Crippen MR) is 173 cm³/mol. The summed E-state index contributed by atoms with van der Waals surface area (Å²) in [5.74, 6) is -5.80. The van der Waals surface area contributed by atoms with Crippen LogP contribution < -0.4 is 60.2 Å². The first kappa shape index (κ1) is 42.1. The van der Waals surface area contributed by atoms with E-state index in [-0.39, 0.29) is 82.0 Å². The highest BCUT2D eigenvalue weighted by Gasteiger charge is 2.31. The van der Waals surface area contributed by atoms with Gasteiger partial charge < -0.3 is 70.4 Å². The van der Waals surface area contributed by atoms with Crippen LogP contribution >= 0.6 is 0 Å². The topological polar surface area (TPSA) is 386 Å². The molecule has 0 aliphatic carbocycles. The molecule has 0 heterocycles. The number of amides is 4. The number of nitrogens with two attached hydrogens (primary N) is 4. The van der Waals surface area contributed by atoms with Crippen molar-refractivity contribution in [3.05, 3.63) is 0 Å². The van der Waals surface area contributed by atoms with Gasteiger partial charge in [0.05, 0.1) is 12.6 Å². The second-order valence-electron chi connectivity index (χ2n) is 11.0. The van der Waals surface area contributed by atoms with Gasteiger partial charge in [0.2, 0.25) is 23.6 Å². The molecule has 20 N–H and O–H groups in total. The summed E-state index contributed by atoms with van der Waals surface area (Å²) in [4.78, 5) is 64.1. The fourth-order valence-electron chi connectivity index (χ4n) is 3.96. The standard InChI is InChI=1S/C26H52N14O7/c1-13(2)18(27)22(45)40-17(12-41)21(44)38-14(6-3-9-34-24(28)29)19(42)37-15(7-4-10-35-25(30)31)20(43)39-16(23(46)47)8-5-11-36-26(32)33/h13-18,41H,3-12,27H2,1-2H3,(H,37,42)(H,38,44)(H,39,43)(H,40,45)(H,46,47)(H4,28,29,34)(H4,30,31,35)(H4,32,33,36)/t14-,15-,16-,17-,18-/m0/s1. The van der Waals surface area contributed by atoms with E-state index in [1.165, 1.54) is 0 Å². The molecule has 268 valence electrons. The van der Waals surface area contributed by atoms with E-state index in [9.17, 15) is 34.2 Å². The van der Waals surface area contributed by atoms with Gasteiger partial charge in [0, 0.05) is 19.6 Å². The van der Waals surface area contributed by atoms with E-state index in [4.69, 9.17) is 39.2 Å². The smallest absolute Gasteiger partial charge is 0.326 e. The van der Waals surface area contributed by atoms with Crippen LogP contribution in [0.1, 0.15) is 52.4 Å². The second kappa shape index (κ2) is 22.6. The van der Waals surface area contributed by atoms with Crippen molar-refractivity contribution in [1.82, 2.24) is 37.2 Å². The third-order valence-corrected chi connectivity index (χ3v) is 6.67. The summed E-state index contributed by atoms with van der Waals surface area (Å²) in [6, 6.07) is -6.36. The first-order chi connectivity index (χ1) is 22.0. The summed E-state index contributed by atoms with van der Waals surface area (Å²) in [5, 5.41) is 58.6. The Labute approximate surface area is 273 Å². The molecule has 0 aliphatic rings. The molecule has 21 nitrogen and oxygen atoms in total. The number of aliphatic hydroxyl groups excluding tert-OH is 1. The number of nitrogens with one attached hydrogen (secondary N) is 10. The maximum Gasteiger partial charge on any atom is 0.326 e. The van der Waals surface area contributed by atoms with Gasteiger partial charge >= 0.3 is 5.97 Å². The van der Waals surface area contributed by atoms with Crippen LogP contribution in [0.2, 0.25) is 0 Å². The summed E-state index contributed by atoms with van der Waals surface area (Å²) in [7, 11) is 0. The molecule has 47 heavy (non-hydrogen) atoms. The van der Waals surface area contributed by atoms with Crippen molar-refractivity contribution < 1.29 is 34.2 Å². The Morgan fingerprint density at radius 3 is 1.23 bits per heavy atom. The zero-order chi connectivity index (χ0) is 36.1. The number of rotatable bonds is 23. The Balaban J connectivity index is 5.95. The molecule has 0 bridgehead atoms. The van der Waals surface area contributed by atoms with E-state index < -0.39 is 66.4 Å². The van der Waals surface area contributed by atoms with Gasteiger partial charge in [-0.1, -0.05) is 13.8 Å². The van der Waals surface area contributed by atoms with Gasteiger partial charge in [-0.3, -0.25) is 35.4 Å². The van der Waals surface area contributed by atoms with Gasteiger partial charge in [0.1, 0.15) is 24.2 Å². The van der Waals surface area contributed by atoms with Crippen LogP contribution in [0.25, 0.3) is 0 Å². The highest BCUT2D eigenvalue weighted by atomic mass is 16.4. The average molecular weight is 673 g/mol. The van der Waals surface area contributed by atoms with E-state index in [0.29, 0.717) is 0 Å². The molecule has 0 spiro atoms. The van der Waals surface area contributed by atoms with Crippen LogP contribution in [0.4, 0.5) is 0 Å². The summed E-state index contributed by atoms with van der Waals surface area (Å²) >= 11 is 0. The zero-order valence-electron chi connectivity index (χ0n) is 26.8. The molecule has 5 atom stereocenters. The zero-order valence-corrected chi connectivity index (χ0v) is 26.8. The highest BCUT2D eigenvalue weighted by Crippen LogP contribution is 2.06. The van der Waals surface area contributed by atoms with Crippen LogP contribution in [-0.4, -0.2) is 114 Å². The number of hydrogen-bond donors (Lipinski definition) is 16. The Hall–Kier alpha value is -4.92. The van der Waals surface area contributed by atoms with E-state index in [2.05, 4.69) is 37.2 Å². The lowest BCUT2D eigenvalue weighted by molar-refractivity contribution is -0.142. The highest BCUT2D eigenvalue weighted by molar-refractivity contribution is 5.95. The normalized spacial score (nSPS) is 13.9. The minimum absolute atomic E-state index is 0.0228. The van der Waals surface area contributed by atoms with Crippen molar-refractivity contribution >= 4 is 47.5 Å². The molecular formula is C26H52N14O7. The maximum atomic E-state index is 13.5. The van der Waals surface area contributed by atoms with Gasteiger partial charge in [0.25, 0.3) is 0 Å². The third-order valence-electron chi connectivity index (χ3n) is 6.67. The number of guanidine groups is 3. The molecule has 0 radical (unpaired) electrons. The SMILES string of the molecule is CC(C)[C@H](N)C(=O)N[C@@H](CO)C(=O)N[C@@H](CCCNC(=N)N)C(=O)N[C@@H](CCCNC(=N)N)C(=O)N[C@@H](CCCNC(=N)N)C(=O)O. The van der Waals surface area contributed by atoms with Crippen molar-refractivity contribution in [2.45, 2.75) is 82.6 Å². The minimum Gasteiger partial charge on any atom is -0.480 e. The summed E-state index contributed by atoms with van der Waals surface area (Å²) in [6.45, 7) is 3.07. The average Bonchev–Trinajstić information content (AvgIpc) is 2.98. The van der Waals surface area contributed by atoms with Gasteiger partial charge in [-0.2, -0.15) is 0 Å². The van der Waals surface area contributed by atoms with Gasteiger partial charge in [-0.05, 0) is 44.4 Å². The molecule has 0 aromatic carbocycles. The summed E-state index contributed by atoms with van der Waals surface area (Å²) < 4.78 is 0. The Bertz CT molecular complexity index is 1090. The van der Waals surface area contributed by atoms with Gasteiger partial charge in [0.15, 0.2) is 17.9 Å². The molecule has 21 heteroatoms. The first-order valence-electron chi connectivity index (χ1n) is 15.0. The van der Waals surface area contributed by atoms with Crippen LogP contribution in [-0.2, 0) is 24.0 Å². The first-order valence-corrected chi connectivity index (χ1v) is 15.0. The van der Waals surface area contributed by atoms with Crippen LogP contribution in [0.5, 0.6) is 0 Å². The fraction of sp³-hybridized carbons (Fsp3) is 0.692. The van der Waals surface area contributed by atoms with Crippen LogP contribution in [0.3, 0.4) is 0 Å². The molecule has 0 fully saturated rings. The number of hydrogen-bond acceptors (Lipinski definition) is 10. The largest absolute Gasteiger partial charge is 0.480 e. The van der Waals surface area contributed by atoms with Crippen molar-refractivity contribution in [1.29, 1.82) is 16.2 Å². The predicted octanol–water partition coefficient (Wildman–Crippen LogP) is -5.22. The molecule has 0 aromatic rings. The number of carbonyl (C=O) groups is 5. The lowest BCUT2D eigenvalue weighted by atomic mass is 10.0. The van der Waals surface area contributed by atoms with Crippen molar-refractivity contribution in [2.75, 3.05) is 26.2 Å². The lowest BCUT2D eigenvalue weighted by Gasteiger charge is -2.26. The Morgan fingerprint density at radius 2 is 0.915 bits per heavy atom. The maximum absolute atomic E-state index is 13.5. The van der Waals surface area contributed by atoms with Crippen LogP contribution in [0.15, 0.2) is 0 Å². The quantitative estimate of drug-likeness (QED) is 0.0274. The number of carboxylic acid groups (broad SMARTS) is 1. The molecule has 0 unspecified atom stereocenters. The Morgan fingerprint density at radius 1 is 0.596 bits per heavy atom. The molecule has 0 rings (SSSR count). The number of carboxylic acids is 1. The summed E-state index contributed by atoms with van der Waals surface area (Å²) in [6.07, 6.45) is 0.586. The van der Waals surface area contributed by atoms with E-state index >= 15 is 0 Å². The molecule has 4 amide bonds. The van der Waals surface area contributed by atoms with Crippen molar-refractivity contribution in [2.24, 2.45) is 28.9 Å². The summed E-state index contributed by atoms with van der Waals surface area (Å²) in [5.41, 5.74) is 21.7. The van der Waals surface area contributed by atoms with Gasteiger partial charge in [-0.15, -0.1) is 0 Å². The number of aliphatic hydroxyl groups is 1. The number of carbonyl (C=O) groups excluding carboxylic acids is 4. The van der Waals surface area contributed by atoms with E-state index in [1.807, 2.05) is 0 Å². The van der Waals surface area contributed by atoms with Crippen molar-refractivity contribution in [3.63, 3.8) is 0 Å². The van der Waals surface area contributed by atoms with E-state index in [1.54, 1.807) is 13.8 Å². The number of aliphatic carboxylic acids is 1. The lowest BCUT2D eigenvalue weighted by Crippen LogP contribution is -2.59. The molecule has 0 aliphatic heterocycles. The van der Waals surface area contributed by atoms with E-state index in [0.717, 1.165) is 0 Å². The molecule has 0 saturated carbocycles. The monoisotopic (exact) mass is 672 g/mol. The van der Waals surface area contributed by atoms with Crippen molar-refractivity contribution in [3.8, 4) is 0 Å². The minimum atomic E-state index is -1.46. The molecule has 0 saturated heterocycles. The molecular weight excluding hydrogens is 620 g/mol. The molecule has 0 aromatic heterocycles. The van der Waals surface area contributed by atoms with Crippen LogP contribution in [0, 0.1) is 22.1 Å². The second-order valence-corrected chi connectivity index (χ2v) is 11.0. The van der Waals surface area contributed by atoms with Gasteiger partial charge in [-0.25, -0.2) is 4.79 Å². The Kier molecular flexibility index (Phi) is 20.2. The fourth-order valence-corrected chi connectivity index (χ4v) is 3.96. The third kappa shape index (κ3) is 18.6.